The van der Waals surface area contributed by atoms with Crippen molar-refractivity contribution < 1.29 is 4.79 Å². The van der Waals surface area contributed by atoms with Gasteiger partial charge in [-0.05, 0) is 35.4 Å². The van der Waals surface area contributed by atoms with Gasteiger partial charge in [0.1, 0.15) is 0 Å². The third kappa shape index (κ3) is 4.36. The molecular formula is C17H17N3O. The minimum Gasteiger partial charge on any atom is -0.381 e. The average molecular weight is 279 g/mol. The second kappa shape index (κ2) is 7.11. The molecule has 2 aromatic rings. The molecule has 0 aromatic heterocycles. The smallest absolute Gasteiger partial charge is 0.224 e. The fraction of sp³-hybridized carbons (Fsp3) is 0.176. The molecule has 2 rings (SSSR count). The van der Waals surface area contributed by atoms with Crippen LogP contribution in [0.25, 0.3) is 0 Å². The van der Waals surface area contributed by atoms with Crippen LogP contribution >= 0.6 is 0 Å². The van der Waals surface area contributed by atoms with Crippen molar-refractivity contribution in [1.29, 1.82) is 5.26 Å². The average Bonchev–Trinajstić information content (AvgIpc) is 2.54. The molecule has 0 fully saturated rings. The van der Waals surface area contributed by atoms with E-state index in [1.807, 2.05) is 42.5 Å². The lowest BCUT2D eigenvalue weighted by Gasteiger charge is -2.08. The van der Waals surface area contributed by atoms with Crippen molar-refractivity contribution in [3.8, 4) is 6.07 Å². The van der Waals surface area contributed by atoms with Gasteiger partial charge in [0.2, 0.25) is 5.91 Å². The number of hydrogen-bond donors (Lipinski definition) is 2. The Labute approximate surface area is 124 Å². The first-order valence-corrected chi connectivity index (χ1v) is 6.73. The number of carbonyl (C=O) groups is 1. The minimum atomic E-state index is 0.00373. The van der Waals surface area contributed by atoms with Crippen LogP contribution in [0.2, 0.25) is 0 Å². The molecule has 2 N–H and O–H groups in total. The second-order valence-corrected chi connectivity index (χ2v) is 4.71. The van der Waals surface area contributed by atoms with Crippen molar-refractivity contribution in [2.24, 2.45) is 0 Å². The maximum atomic E-state index is 11.3. The lowest BCUT2D eigenvalue weighted by molar-refractivity contribution is -0.119. The van der Waals surface area contributed by atoms with Gasteiger partial charge >= 0.3 is 0 Å². The molecule has 4 heteroatoms. The number of amides is 1. The van der Waals surface area contributed by atoms with E-state index in [0.29, 0.717) is 18.5 Å². The molecule has 0 unspecified atom stereocenters. The van der Waals surface area contributed by atoms with E-state index in [4.69, 9.17) is 5.26 Å². The number of nitrogens with zero attached hydrogens (tertiary/aromatic N) is 1. The third-order valence-electron chi connectivity index (χ3n) is 3.15. The Hall–Kier alpha value is -2.80. The topological polar surface area (TPSA) is 64.9 Å². The summed E-state index contributed by atoms with van der Waals surface area (Å²) < 4.78 is 0. The molecule has 0 saturated heterocycles. The minimum absolute atomic E-state index is 0.00373. The molecule has 0 spiro atoms. The van der Waals surface area contributed by atoms with E-state index in [1.165, 1.54) is 0 Å². The summed E-state index contributed by atoms with van der Waals surface area (Å²) >= 11 is 0. The van der Waals surface area contributed by atoms with E-state index in [9.17, 15) is 4.79 Å². The van der Waals surface area contributed by atoms with Gasteiger partial charge in [-0.3, -0.25) is 4.79 Å². The largest absolute Gasteiger partial charge is 0.381 e. The number of benzene rings is 2. The van der Waals surface area contributed by atoms with Gasteiger partial charge in [-0.1, -0.05) is 24.3 Å². The standard InChI is InChI=1S/C17H17N3O/c1-19-17(21)10-13-5-7-16(8-6-13)20-12-15-4-2-3-14(9-15)11-18/h2-9,20H,10,12H2,1H3,(H,19,21). The van der Waals surface area contributed by atoms with E-state index in [1.54, 1.807) is 13.1 Å². The summed E-state index contributed by atoms with van der Waals surface area (Å²) in [5, 5.41) is 14.8. The fourth-order valence-corrected chi connectivity index (χ4v) is 1.97. The fourth-order valence-electron chi connectivity index (χ4n) is 1.97. The zero-order chi connectivity index (χ0) is 15.1. The summed E-state index contributed by atoms with van der Waals surface area (Å²) in [4.78, 5) is 11.3. The van der Waals surface area contributed by atoms with E-state index in [-0.39, 0.29) is 5.91 Å². The number of carbonyl (C=O) groups excluding carboxylic acids is 1. The van der Waals surface area contributed by atoms with Crippen molar-refractivity contribution in [2.75, 3.05) is 12.4 Å². The van der Waals surface area contributed by atoms with Gasteiger partial charge < -0.3 is 10.6 Å². The summed E-state index contributed by atoms with van der Waals surface area (Å²) in [5.74, 6) is 0.00373. The number of rotatable bonds is 5. The Morgan fingerprint density at radius 2 is 1.90 bits per heavy atom. The van der Waals surface area contributed by atoms with Gasteiger partial charge in [0.15, 0.2) is 0 Å². The number of nitrogens with one attached hydrogen (secondary N) is 2. The van der Waals surface area contributed by atoms with Crippen molar-refractivity contribution in [2.45, 2.75) is 13.0 Å². The van der Waals surface area contributed by atoms with Crippen LogP contribution in [0.3, 0.4) is 0 Å². The summed E-state index contributed by atoms with van der Waals surface area (Å²) in [7, 11) is 1.63. The molecule has 2 aromatic carbocycles. The summed E-state index contributed by atoms with van der Waals surface area (Å²) in [5.41, 5.74) is 3.68. The van der Waals surface area contributed by atoms with Crippen LogP contribution in [-0.2, 0) is 17.8 Å². The molecule has 21 heavy (non-hydrogen) atoms. The predicted molar refractivity (Wildman–Crippen MR) is 82.7 cm³/mol. The molecule has 0 saturated carbocycles. The molecule has 0 heterocycles. The molecule has 4 nitrogen and oxygen atoms in total. The maximum Gasteiger partial charge on any atom is 0.224 e. The Morgan fingerprint density at radius 1 is 1.14 bits per heavy atom. The van der Waals surface area contributed by atoms with Crippen LogP contribution in [0.15, 0.2) is 48.5 Å². The summed E-state index contributed by atoms with van der Waals surface area (Å²) in [6.45, 7) is 0.657. The molecule has 0 radical (unpaired) electrons. The van der Waals surface area contributed by atoms with Gasteiger partial charge in [-0.25, -0.2) is 0 Å². The number of nitriles is 1. The number of hydrogen-bond acceptors (Lipinski definition) is 3. The van der Waals surface area contributed by atoms with E-state index < -0.39 is 0 Å². The van der Waals surface area contributed by atoms with Gasteiger partial charge in [0.25, 0.3) is 0 Å². The number of likely N-dealkylation sites (N-methyl/N-ethyl adjacent to an activating group) is 1. The zero-order valence-corrected chi connectivity index (χ0v) is 11.9. The van der Waals surface area contributed by atoms with Crippen molar-refractivity contribution in [3.05, 3.63) is 65.2 Å². The summed E-state index contributed by atoms with van der Waals surface area (Å²) in [6.07, 6.45) is 0.390. The Balaban J connectivity index is 1.94. The normalized spacial score (nSPS) is 9.71. The van der Waals surface area contributed by atoms with Crippen LogP contribution in [0.4, 0.5) is 5.69 Å². The van der Waals surface area contributed by atoms with Gasteiger partial charge in [0.05, 0.1) is 18.1 Å². The van der Waals surface area contributed by atoms with E-state index >= 15 is 0 Å². The van der Waals surface area contributed by atoms with Crippen molar-refractivity contribution >= 4 is 11.6 Å². The first-order chi connectivity index (χ1) is 10.2. The number of anilines is 1. The maximum absolute atomic E-state index is 11.3. The first-order valence-electron chi connectivity index (χ1n) is 6.73. The molecular weight excluding hydrogens is 262 g/mol. The molecule has 106 valence electrons. The van der Waals surface area contributed by atoms with Crippen LogP contribution in [-0.4, -0.2) is 13.0 Å². The molecule has 0 bridgehead atoms. The van der Waals surface area contributed by atoms with Crippen LogP contribution < -0.4 is 10.6 Å². The molecule has 0 aliphatic heterocycles. The molecule has 0 aliphatic rings. The monoisotopic (exact) mass is 279 g/mol. The SMILES string of the molecule is CNC(=O)Cc1ccc(NCc2cccc(C#N)c2)cc1. The van der Waals surface area contributed by atoms with Crippen LogP contribution in [0.1, 0.15) is 16.7 Å². The molecule has 0 atom stereocenters. The molecule has 0 aliphatic carbocycles. The quantitative estimate of drug-likeness (QED) is 0.883. The van der Waals surface area contributed by atoms with Crippen LogP contribution in [0, 0.1) is 11.3 Å². The highest BCUT2D eigenvalue weighted by atomic mass is 16.1. The van der Waals surface area contributed by atoms with E-state index in [0.717, 1.165) is 16.8 Å². The lowest BCUT2D eigenvalue weighted by Crippen LogP contribution is -2.19. The summed E-state index contributed by atoms with van der Waals surface area (Å²) in [6, 6.07) is 17.4. The first kappa shape index (κ1) is 14.6. The van der Waals surface area contributed by atoms with Gasteiger partial charge in [0, 0.05) is 19.3 Å². The highest BCUT2D eigenvalue weighted by molar-refractivity contribution is 5.78. The van der Waals surface area contributed by atoms with Crippen molar-refractivity contribution in [3.63, 3.8) is 0 Å². The Morgan fingerprint density at radius 3 is 2.57 bits per heavy atom. The highest BCUT2D eigenvalue weighted by Crippen LogP contribution is 2.12. The highest BCUT2D eigenvalue weighted by Gasteiger charge is 2.01. The Kier molecular flexibility index (Phi) is 4.94. The van der Waals surface area contributed by atoms with Gasteiger partial charge in [-0.2, -0.15) is 5.26 Å². The third-order valence-corrected chi connectivity index (χ3v) is 3.15. The predicted octanol–water partition coefficient (Wildman–Crippen LogP) is 2.46. The van der Waals surface area contributed by atoms with Crippen molar-refractivity contribution in [1.82, 2.24) is 5.32 Å². The second-order valence-electron chi connectivity index (χ2n) is 4.71. The van der Waals surface area contributed by atoms with Crippen LogP contribution in [0.5, 0.6) is 0 Å². The Bertz CT molecular complexity index is 656. The van der Waals surface area contributed by atoms with E-state index in [2.05, 4.69) is 16.7 Å². The van der Waals surface area contributed by atoms with Gasteiger partial charge in [-0.15, -0.1) is 0 Å². The lowest BCUT2D eigenvalue weighted by atomic mass is 10.1. The zero-order valence-electron chi connectivity index (χ0n) is 11.9. The molecule has 1 amide bonds.